The second-order valence-corrected chi connectivity index (χ2v) is 4.00. The second-order valence-electron chi connectivity index (χ2n) is 4.00. The van der Waals surface area contributed by atoms with Crippen LogP contribution in [0.5, 0.6) is 0 Å². The molecule has 0 radical (unpaired) electrons. The average Bonchev–Trinajstić information content (AvgIpc) is 2.65. The van der Waals surface area contributed by atoms with E-state index in [2.05, 4.69) is 0 Å². The fourth-order valence-electron chi connectivity index (χ4n) is 1.89. The van der Waals surface area contributed by atoms with E-state index in [9.17, 15) is 19.1 Å². The van der Waals surface area contributed by atoms with Gasteiger partial charge in [-0.3, -0.25) is 14.3 Å². The Balaban J connectivity index is 2.38. The maximum atomic E-state index is 13.1. The molecular weight excluding hydrogens is 231 g/mol. The van der Waals surface area contributed by atoms with Crippen molar-refractivity contribution in [3.05, 3.63) is 32.9 Å². The predicted molar refractivity (Wildman–Crippen MR) is 56.1 cm³/mol. The van der Waals surface area contributed by atoms with Crippen LogP contribution in [-0.2, 0) is 4.74 Å². The van der Waals surface area contributed by atoms with Gasteiger partial charge in [-0.2, -0.15) is 4.39 Å². The fourth-order valence-corrected chi connectivity index (χ4v) is 1.89. The van der Waals surface area contributed by atoms with Crippen LogP contribution in [0.25, 0.3) is 0 Å². The quantitative estimate of drug-likeness (QED) is 0.750. The van der Waals surface area contributed by atoms with Crippen molar-refractivity contribution in [2.45, 2.75) is 38.2 Å². The Labute approximate surface area is 95.7 Å². The number of nitrogens with one attached hydrogen (secondary N) is 1. The molecule has 1 aliphatic rings. The smallest absolute Gasteiger partial charge is 0.330 e. The molecule has 0 saturated carbocycles. The van der Waals surface area contributed by atoms with E-state index < -0.39 is 29.4 Å². The van der Waals surface area contributed by atoms with Crippen molar-refractivity contribution in [2.75, 3.05) is 0 Å². The summed E-state index contributed by atoms with van der Waals surface area (Å²) in [7, 11) is 0. The first-order chi connectivity index (χ1) is 8.02. The number of ether oxygens (including phenoxy) is 1. The Hall–Kier alpha value is -1.47. The van der Waals surface area contributed by atoms with Gasteiger partial charge in [0.25, 0.3) is 5.56 Å². The van der Waals surface area contributed by atoms with Crippen molar-refractivity contribution >= 4 is 0 Å². The maximum absolute atomic E-state index is 13.1. The number of halogens is 1. The predicted octanol–water partition coefficient (Wildman–Crippen LogP) is -0.266. The lowest BCUT2D eigenvalue weighted by Gasteiger charge is -2.16. The largest absolute Gasteiger partial charge is 0.388 e. The number of aliphatic hydroxyl groups excluding tert-OH is 1. The SMILES string of the molecule is CC[C@@H]1CC(O)[C@H](n2cc(F)c(=O)[nH]c2=O)O1. The lowest BCUT2D eigenvalue weighted by molar-refractivity contribution is -0.0410. The molecule has 0 bridgehead atoms. The van der Waals surface area contributed by atoms with Crippen molar-refractivity contribution in [2.24, 2.45) is 0 Å². The molecule has 7 heteroatoms. The van der Waals surface area contributed by atoms with Gasteiger partial charge >= 0.3 is 5.69 Å². The van der Waals surface area contributed by atoms with Gasteiger partial charge in [0.05, 0.1) is 12.3 Å². The van der Waals surface area contributed by atoms with Gasteiger partial charge in [-0.15, -0.1) is 0 Å². The minimum absolute atomic E-state index is 0.170. The minimum Gasteiger partial charge on any atom is -0.388 e. The molecule has 1 aromatic rings. The molecule has 1 unspecified atom stereocenters. The lowest BCUT2D eigenvalue weighted by atomic mass is 10.1. The number of hydrogen-bond donors (Lipinski definition) is 2. The number of aliphatic hydroxyl groups is 1. The number of hydrogen-bond acceptors (Lipinski definition) is 4. The van der Waals surface area contributed by atoms with Crippen LogP contribution >= 0.6 is 0 Å². The van der Waals surface area contributed by atoms with E-state index in [0.717, 1.165) is 10.8 Å². The van der Waals surface area contributed by atoms with Crippen molar-refractivity contribution in [3.8, 4) is 0 Å². The first-order valence-electron chi connectivity index (χ1n) is 5.37. The number of rotatable bonds is 2. The molecule has 0 aliphatic carbocycles. The number of nitrogens with zero attached hydrogens (tertiary/aromatic N) is 1. The van der Waals surface area contributed by atoms with Crippen LogP contribution in [0.1, 0.15) is 26.0 Å². The summed E-state index contributed by atoms with van der Waals surface area (Å²) >= 11 is 0. The third kappa shape index (κ3) is 2.16. The van der Waals surface area contributed by atoms with Gasteiger partial charge in [0.15, 0.2) is 6.23 Å². The van der Waals surface area contributed by atoms with Crippen LogP contribution in [0, 0.1) is 5.82 Å². The van der Waals surface area contributed by atoms with Gasteiger partial charge in [-0.1, -0.05) is 6.92 Å². The summed E-state index contributed by atoms with van der Waals surface area (Å²) in [6, 6.07) is 0. The highest BCUT2D eigenvalue weighted by Gasteiger charge is 2.35. The lowest BCUT2D eigenvalue weighted by Crippen LogP contribution is -2.36. The molecule has 3 atom stereocenters. The summed E-state index contributed by atoms with van der Waals surface area (Å²) < 4.78 is 19.4. The monoisotopic (exact) mass is 244 g/mol. The fraction of sp³-hybridized carbons (Fsp3) is 0.600. The number of aromatic nitrogens is 2. The third-order valence-corrected chi connectivity index (χ3v) is 2.82. The molecule has 1 saturated heterocycles. The molecule has 2 heterocycles. The number of aromatic amines is 1. The van der Waals surface area contributed by atoms with E-state index in [0.29, 0.717) is 12.8 Å². The zero-order valence-electron chi connectivity index (χ0n) is 9.22. The topological polar surface area (TPSA) is 84.3 Å². The highest BCUT2D eigenvalue weighted by Crippen LogP contribution is 2.28. The molecule has 17 heavy (non-hydrogen) atoms. The van der Waals surface area contributed by atoms with Gasteiger partial charge in [0.2, 0.25) is 5.82 Å². The number of H-pyrrole nitrogens is 1. The Morgan fingerprint density at radius 1 is 1.65 bits per heavy atom. The average molecular weight is 244 g/mol. The highest BCUT2D eigenvalue weighted by atomic mass is 19.1. The Kier molecular flexibility index (Phi) is 3.12. The van der Waals surface area contributed by atoms with Crippen molar-refractivity contribution < 1.29 is 14.2 Å². The molecule has 0 amide bonds. The van der Waals surface area contributed by atoms with Crippen molar-refractivity contribution in [1.82, 2.24) is 9.55 Å². The summed E-state index contributed by atoms with van der Waals surface area (Å²) in [5.41, 5.74) is -1.87. The van der Waals surface area contributed by atoms with Crippen LogP contribution in [0.15, 0.2) is 15.8 Å². The van der Waals surface area contributed by atoms with Crippen molar-refractivity contribution in [1.29, 1.82) is 0 Å². The van der Waals surface area contributed by atoms with E-state index >= 15 is 0 Å². The first-order valence-corrected chi connectivity index (χ1v) is 5.37. The molecule has 94 valence electrons. The van der Waals surface area contributed by atoms with E-state index in [1.54, 1.807) is 0 Å². The summed E-state index contributed by atoms with van der Waals surface area (Å²) in [4.78, 5) is 24.2. The van der Waals surface area contributed by atoms with Gasteiger partial charge < -0.3 is 9.84 Å². The molecule has 0 aromatic carbocycles. The van der Waals surface area contributed by atoms with E-state index in [-0.39, 0.29) is 6.10 Å². The standard InChI is InChI=1S/C10H13FN2O4/c1-2-5-3-7(14)9(17-5)13-4-6(11)8(15)12-10(13)16/h4-5,7,9,14H,2-3H2,1H3,(H,12,15,16)/t5-,7?,9-/m1/s1. The molecule has 1 aromatic heterocycles. The van der Waals surface area contributed by atoms with Crippen LogP contribution < -0.4 is 11.2 Å². The highest BCUT2D eigenvalue weighted by molar-refractivity contribution is 4.91. The summed E-state index contributed by atoms with van der Waals surface area (Å²) in [6.07, 6.45) is -0.172. The van der Waals surface area contributed by atoms with Crippen LogP contribution in [-0.4, -0.2) is 26.9 Å². The minimum atomic E-state index is -1.08. The van der Waals surface area contributed by atoms with E-state index in [1.165, 1.54) is 0 Å². The maximum Gasteiger partial charge on any atom is 0.330 e. The van der Waals surface area contributed by atoms with Gasteiger partial charge in [-0.25, -0.2) is 4.79 Å². The van der Waals surface area contributed by atoms with E-state index in [4.69, 9.17) is 4.74 Å². The molecule has 0 spiro atoms. The molecule has 6 nitrogen and oxygen atoms in total. The zero-order valence-corrected chi connectivity index (χ0v) is 9.22. The van der Waals surface area contributed by atoms with Crippen LogP contribution in [0.4, 0.5) is 4.39 Å². The van der Waals surface area contributed by atoms with Gasteiger partial charge in [0.1, 0.15) is 6.10 Å². The first kappa shape index (κ1) is 12.0. The summed E-state index contributed by atoms with van der Waals surface area (Å²) in [5.74, 6) is -1.08. The van der Waals surface area contributed by atoms with Crippen molar-refractivity contribution in [3.63, 3.8) is 0 Å². The van der Waals surface area contributed by atoms with Gasteiger partial charge in [-0.05, 0) is 6.42 Å². The van der Waals surface area contributed by atoms with Crippen LogP contribution in [0.2, 0.25) is 0 Å². The summed E-state index contributed by atoms with van der Waals surface area (Å²) in [6.45, 7) is 1.88. The molecule has 1 fully saturated rings. The van der Waals surface area contributed by atoms with Crippen LogP contribution in [0.3, 0.4) is 0 Å². The second kappa shape index (κ2) is 4.42. The van der Waals surface area contributed by atoms with Gasteiger partial charge in [0, 0.05) is 6.42 Å². The Bertz CT molecular complexity index is 524. The molecular formula is C10H13FN2O4. The van der Waals surface area contributed by atoms with E-state index in [1.807, 2.05) is 11.9 Å². The molecule has 1 aliphatic heterocycles. The Morgan fingerprint density at radius 3 is 2.94 bits per heavy atom. The molecule has 2 rings (SSSR count). The molecule has 2 N–H and O–H groups in total. The summed E-state index contributed by atoms with van der Waals surface area (Å²) in [5, 5.41) is 9.73. The normalized spacial score (nSPS) is 28.5. The zero-order chi connectivity index (χ0) is 12.6. The Morgan fingerprint density at radius 2 is 2.35 bits per heavy atom. The third-order valence-electron chi connectivity index (χ3n) is 2.82.